The average Bonchev–Trinajstić information content (AvgIpc) is 3.17. The van der Waals surface area contributed by atoms with Crippen molar-refractivity contribution in [2.45, 2.75) is 45.9 Å². The lowest BCUT2D eigenvalue weighted by atomic mass is 10.1. The summed E-state index contributed by atoms with van der Waals surface area (Å²) in [5.74, 6) is -0.0407. The van der Waals surface area contributed by atoms with Gasteiger partial charge in [0.2, 0.25) is 5.91 Å². The highest BCUT2D eigenvalue weighted by atomic mass is 16.5. The van der Waals surface area contributed by atoms with Gasteiger partial charge in [-0.2, -0.15) is 0 Å². The van der Waals surface area contributed by atoms with Gasteiger partial charge in [0.05, 0.1) is 19.0 Å². The predicted octanol–water partition coefficient (Wildman–Crippen LogP) is 3.03. The van der Waals surface area contributed by atoms with E-state index in [4.69, 9.17) is 9.15 Å². The standard InChI is InChI=1S/C20H26N2O4/c1-15(2)26-14-17-8-4-3-7-16(17)13-22-19(23)10-5-11-21-20(24)18-9-6-12-25-18/h3-4,6-9,12,15H,5,10-11,13-14H2,1-2H3,(H,21,24)(H,22,23). The molecule has 1 aromatic heterocycles. The first-order chi connectivity index (χ1) is 12.6. The topological polar surface area (TPSA) is 80.6 Å². The molecule has 0 radical (unpaired) electrons. The number of hydrogen-bond acceptors (Lipinski definition) is 4. The van der Waals surface area contributed by atoms with Gasteiger partial charge in [-0.05, 0) is 43.5 Å². The fourth-order valence-electron chi connectivity index (χ4n) is 2.36. The van der Waals surface area contributed by atoms with Gasteiger partial charge < -0.3 is 19.8 Å². The SMILES string of the molecule is CC(C)OCc1ccccc1CNC(=O)CCCNC(=O)c1ccco1. The van der Waals surface area contributed by atoms with Crippen LogP contribution in [0.1, 0.15) is 48.4 Å². The van der Waals surface area contributed by atoms with Crippen LogP contribution in [0.25, 0.3) is 0 Å². The first kappa shape index (κ1) is 19.7. The van der Waals surface area contributed by atoms with Crippen molar-refractivity contribution in [1.82, 2.24) is 10.6 Å². The van der Waals surface area contributed by atoms with Crippen molar-refractivity contribution in [3.05, 3.63) is 59.5 Å². The van der Waals surface area contributed by atoms with Gasteiger partial charge in [-0.3, -0.25) is 9.59 Å². The van der Waals surface area contributed by atoms with Crippen LogP contribution < -0.4 is 10.6 Å². The number of furan rings is 1. The van der Waals surface area contributed by atoms with Gasteiger partial charge in [-0.1, -0.05) is 24.3 Å². The van der Waals surface area contributed by atoms with Crippen LogP contribution in [0, 0.1) is 0 Å². The van der Waals surface area contributed by atoms with Crippen LogP contribution in [0.15, 0.2) is 47.1 Å². The number of amides is 2. The third-order valence-corrected chi connectivity index (χ3v) is 3.78. The fourth-order valence-corrected chi connectivity index (χ4v) is 2.36. The number of carbonyl (C=O) groups is 2. The Morgan fingerprint density at radius 3 is 2.54 bits per heavy atom. The number of carbonyl (C=O) groups excluding carboxylic acids is 2. The Bertz CT molecular complexity index is 696. The molecule has 0 atom stereocenters. The Morgan fingerprint density at radius 1 is 1.08 bits per heavy atom. The molecule has 0 spiro atoms. The summed E-state index contributed by atoms with van der Waals surface area (Å²) in [5, 5.41) is 5.64. The second-order valence-electron chi connectivity index (χ2n) is 6.24. The molecule has 26 heavy (non-hydrogen) atoms. The van der Waals surface area contributed by atoms with Crippen LogP contribution in [-0.2, 0) is 22.7 Å². The molecule has 0 bridgehead atoms. The van der Waals surface area contributed by atoms with Crippen molar-refractivity contribution in [2.75, 3.05) is 6.54 Å². The Morgan fingerprint density at radius 2 is 1.85 bits per heavy atom. The van der Waals surface area contributed by atoms with E-state index < -0.39 is 0 Å². The van der Waals surface area contributed by atoms with Crippen molar-refractivity contribution in [2.24, 2.45) is 0 Å². The maximum Gasteiger partial charge on any atom is 0.286 e. The minimum Gasteiger partial charge on any atom is -0.459 e. The highest BCUT2D eigenvalue weighted by Gasteiger charge is 2.09. The highest BCUT2D eigenvalue weighted by molar-refractivity contribution is 5.91. The molecule has 0 fully saturated rings. The molecular weight excluding hydrogens is 332 g/mol. The summed E-state index contributed by atoms with van der Waals surface area (Å²) in [6, 6.07) is 11.2. The van der Waals surface area contributed by atoms with Crippen molar-refractivity contribution >= 4 is 11.8 Å². The van der Waals surface area contributed by atoms with Gasteiger partial charge in [0.25, 0.3) is 5.91 Å². The van der Waals surface area contributed by atoms with Crippen molar-refractivity contribution in [3.8, 4) is 0 Å². The lowest BCUT2D eigenvalue weighted by molar-refractivity contribution is -0.121. The lowest BCUT2D eigenvalue weighted by Crippen LogP contribution is -2.27. The summed E-state index contributed by atoms with van der Waals surface area (Å²) in [6.45, 7) is 5.41. The molecule has 0 saturated carbocycles. The summed E-state index contributed by atoms with van der Waals surface area (Å²) in [4.78, 5) is 23.7. The summed E-state index contributed by atoms with van der Waals surface area (Å²) in [5.41, 5.74) is 2.12. The Hall–Kier alpha value is -2.60. The van der Waals surface area contributed by atoms with Crippen LogP contribution in [0.5, 0.6) is 0 Å². The van der Waals surface area contributed by atoms with Crippen LogP contribution in [0.3, 0.4) is 0 Å². The zero-order valence-corrected chi connectivity index (χ0v) is 15.3. The Kier molecular flexibility index (Phi) is 7.89. The van der Waals surface area contributed by atoms with E-state index in [-0.39, 0.29) is 23.7 Å². The first-order valence-corrected chi connectivity index (χ1v) is 8.83. The molecule has 2 aromatic rings. The van der Waals surface area contributed by atoms with E-state index in [1.165, 1.54) is 6.26 Å². The molecule has 2 amide bonds. The van der Waals surface area contributed by atoms with E-state index in [1.807, 2.05) is 38.1 Å². The molecule has 0 aliphatic heterocycles. The molecule has 0 aliphatic carbocycles. The summed E-state index contributed by atoms with van der Waals surface area (Å²) in [6.07, 6.45) is 2.53. The molecule has 1 heterocycles. The molecule has 0 saturated heterocycles. The van der Waals surface area contributed by atoms with Crippen LogP contribution in [0.4, 0.5) is 0 Å². The van der Waals surface area contributed by atoms with E-state index in [0.29, 0.717) is 32.5 Å². The number of rotatable bonds is 10. The van der Waals surface area contributed by atoms with E-state index in [1.54, 1.807) is 12.1 Å². The number of benzene rings is 1. The highest BCUT2D eigenvalue weighted by Crippen LogP contribution is 2.11. The zero-order valence-electron chi connectivity index (χ0n) is 15.3. The van der Waals surface area contributed by atoms with E-state index in [0.717, 1.165) is 11.1 Å². The van der Waals surface area contributed by atoms with Crippen LogP contribution >= 0.6 is 0 Å². The smallest absolute Gasteiger partial charge is 0.286 e. The molecular formula is C20H26N2O4. The minimum absolute atomic E-state index is 0.0446. The lowest BCUT2D eigenvalue weighted by Gasteiger charge is -2.13. The van der Waals surface area contributed by atoms with E-state index in [2.05, 4.69) is 10.6 Å². The maximum absolute atomic E-state index is 12.0. The molecule has 6 heteroatoms. The second-order valence-corrected chi connectivity index (χ2v) is 6.24. The minimum atomic E-state index is -0.269. The number of ether oxygens (including phenoxy) is 1. The van der Waals surface area contributed by atoms with Gasteiger partial charge >= 0.3 is 0 Å². The van der Waals surface area contributed by atoms with Crippen molar-refractivity contribution in [3.63, 3.8) is 0 Å². The molecule has 0 aliphatic rings. The monoisotopic (exact) mass is 358 g/mol. The van der Waals surface area contributed by atoms with Gasteiger partial charge in [-0.25, -0.2) is 0 Å². The van der Waals surface area contributed by atoms with E-state index >= 15 is 0 Å². The molecule has 2 rings (SSSR count). The summed E-state index contributed by atoms with van der Waals surface area (Å²) >= 11 is 0. The van der Waals surface area contributed by atoms with Crippen molar-refractivity contribution in [1.29, 1.82) is 0 Å². The van der Waals surface area contributed by atoms with Gasteiger partial charge in [0.1, 0.15) is 0 Å². The van der Waals surface area contributed by atoms with Crippen molar-refractivity contribution < 1.29 is 18.7 Å². The average molecular weight is 358 g/mol. The molecule has 6 nitrogen and oxygen atoms in total. The largest absolute Gasteiger partial charge is 0.459 e. The van der Waals surface area contributed by atoms with Gasteiger partial charge in [0, 0.05) is 19.5 Å². The zero-order chi connectivity index (χ0) is 18.8. The first-order valence-electron chi connectivity index (χ1n) is 8.83. The summed E-state index contributed by atoms with van der Waals surface area (Å²) < 4.78 is 10.7. The van der Waals surface area contributed by atoms with Crippen LogP contribution in [-0.4, -0.2) is 24.5 Å². The fraction of sp³-hybridized carbons (Fsp3) is 0.400. The number of nitrogens with one attached hydrogen (secondary N) is 2. The molecule has 0 unspecified atom stereocenters. The van der Waals surface area contributed by atoms with E-state index in [9.17, 15) is 9.59 Å². The Balaban J connectivity index is 1.68. The third-order valence-electron chi connectivity index (χ3n) is 3.78. The maximum atomic E-state index is 12.0. The van der Waals surface area contributed by atoms with Gasteiger partial charge in [-0.15, -0.1) is 0 Å². The van der Waals surface area contributed by atoms with Crippen LogP contribution in [0.2, 0.25) is 0 Å². The second kappa shape index (κ2) is 10.4. The molecule has 2 N–H and O–H groups in total. The van der Waals surface area contributed by atoms with Gasteiger partial charge in [0.15, 0.2) is 5.76 Å². The normalized spacial score (nSPS) is 10.7. The quantitative estimate of drug-likeness (QED) is 0.640. The third kappa shape index (κ3) is 6.72. The molecule has 1 aromatic carbocycles. The predicted molar refractivity (Wildman–Crippen MR) is 98.5 cm³/mol. The Labute approximate surface area is 153 Å². The number of hydrogen-bond donors (Lipinski definition) is 2. The molecule has 140 valence electrons. The summed E-state index contributed by atoms with van der Waals surface area (Å²) in [7, 11) is 0.